The minimum atomic E-state index is -4.48. The van der Waals surface area contributed by atoms with Crippen LogP contribution in [-0.4, -0.2) is 74.3 Å². The zero-order valence-electron chi connectivity index (χ0n) is 49.9. The van der Waals surface area contributed by atoms with Gasteiger partial charge in [-0.05, 0) is 115 Å². The summed E-state index contributed by atoms with van der Waals surface area (Å²) in [6.07, 6.45) is 79.0. The Morgan fingerprint density at radius 2 is 0.844 bits per heavy atom. The molecule has 0 saturated carbocycles. The van der Waals surface area contributed by atoms with Gasteiger partial charge in [0, 0.05) is 12.8 Å². The number of unbranched alkanes of at least 4 members (excludes halogenated alkanes) is 17. The first-order chi connectivity index (χ1) is 37.4. The summed E-state index contributed by atoms with van der Waals surface area (Å²) in [7, 11) is 1.42. The number of carbonyl (C=O) groups is 2. The number of amides is 1. The average Bonchev–Trinajstić information content (AvgIpc) is 3.39. The third-order valence-electron chi connectivity index (χ3n) is 12.6. The molecule has 0 aromatic carbocycles. The standard InChI is InChI=1S/C67H113N2O7P/c1-7-10-13-16-19-22-25-27-29-31-33-34-36-38-40-42-45-48-51-54-57-60-67(71)76-65(58-55-52-49-46-43-24-21-18-15-12-9-3)64(63-75-77(72,73)74-62-61-69(4,5)6)68-66(70)59-56-53-50-47-44-41-39-37-35-32-30-28-26-23-20-17-14-11-8-2/h11,14,19-20,22-23,27-30,33-35,37-38,40-41,44,50,53,55,58,64-65H,7-10,12-13,15-18,21,24-26,31-32,36,39,42-43,45-49,51-52,54,56-57,59-63H2,1-6H3,(H-,68,70,72,73)/p+1/b14-11-,22-19-,23-20-,29-27-,30-28-,34-33-,37-35-,40-38-,44-41-,53-50-,58-55+. The van der Waals surface area contributed by atoms with E-state index in [1.807, 2.05) is 45.4 Å². The Hall–Kier alpha value is -3.85. The number of carbonyl (C=O) groups excluding carboxylic acids is 2. The van der Waals surface area contributed by atoms with E-state index >= 15 is 0 Å². The van der Waals surface area contributed by atoms with Gasteiger partial charge in [0.15, 0.2) is 0 Å². The van der Waals surface area contributed by atoms with Crippen LogP contribution in [0.1, 0.15) is 226 Å². The van der Waals surface area contributed by atoms with Gasteiger partial charge in [-0.1, -0.05) is 232 Å². The highest BCUT2D eigenvalue weighted by Crippen LogP contribution is 2.43. The second-order valence-corrected chi connectivity index (χ2v) is 22.6. The molecule has 9 nitrogen and oxygen atoms in total. The van der Waals surface area contributed by atoms with Gasteiger partial charge in [0.1, 0.15) is 19.3 Å². The molecule has 0 saturated heterocycles. The maximum Gasteiger partial charge on any atom is 0.472 e. The first-order valence-corrected chi connectivity index (χ1v) is 32.0. The van der Waals surface area contributed by atoms with Crippen molar-refractivity contribution in [1.82, 2.24) is 5.32 Å². The molecule has 438 valence electrons. The van der Waals surface area contributed by atoms with Gasteiger partial charge in [0.25, 0.3) is 0 Å². The first kappa shape index (κ1) is 73.2. The van der Waals surface area contributed by atoms with Crippen LogP contribution < -0.4 is 5.32 Å². The van der Waals surface area contributed by atoms with Crippen molar-refractivity contribution in [2.75, 3.05) is 40.9 Å². The van der Waals surface area contributed by atoms with Gasteiger partial charge in [-0.25, -0.2) is 4.57 Å². The van der Waals surface area contributed by atoms with Gasteiger partial charge in [0.2, 0.25) is 5.91 Å². The number of hydrogen-bond acceptors (Lipinski definition) is 6. The van der Waals surface area contributed by atoms with Crippen molar-refractivity contribution in [3.8, 4) is 0 Å². The molecule has 0 rings (SSSR count). The van der Waals surface area contributed by atoms with E-state index < -0.39 is 20.0 Å². The highest BCUT2D eigenvalue weighted by atomic mass is 31.2. The molecule has 2 N–H and O–H groups in total. The molecular formula is C67H114N2O7P+. The van der Waals surface area contributed by atoms with Crippen molar-refractivity contribution < 1.29 is 37.3 Å². The fourth-order valence-electron chi connectivity index (χ4n) is 7.89. The summed E-state index contributed by atoms with van der Waals surface area (Å²) < 4.78 is 30.6. The predicted octanol–water partition coefficient (Wildman–Crippen LogP) is 18.9. The number of ether oxygens (including phenoxy) is 1. The maximum atomic E-state index is 13.5. The van der Waals surface area contributed by atoms with Gasteiger partial charge in [0.05, 0.1) is 33.8 Å². The summed E-state index contributed by atoms with van der Waals surface area (Å²) in [5.74, 6) is -0.635. The summed E-state index contributed by atoms with van der Waals surface area (Å²) in [4.78, 5) is 37.6. The van der Waals surface area contributed by atoms with Crippen LogP contribution in [0.5, 0.6) is 0 Å². The van der Waals surface area contributed by atoms with E-state index in [9.17, 15) is 19.0 Å². The Labute approximate surface area is 473 Å². The number of likely N-dealkylation sites (N-methyl/N-ethyl adjacent to an activating group) is 1. The smallest absolute Gasteiger partial charge is 0.456 e. The fraction of sp³-hybridized carbons (Fsp3) is 0.642. The lowest BCUT2D eigenvalue weighted by atomic mass is 10.1. The van der Waals surface area contributed by atoms with E-state index in [4.69, 9.17) is 13.8 Å². The lowest BCUT2D eigenvalue weighted by molar-refractivity contribution is -0.870. The second kappa shape index (κ2) is 55.5. The van der Waals surface area contributed by atoms with E-state index in [1.54, 1.807) is 0 Å². The molecule has 1 amide bonds. The second-order valence-electron chi connectivity index (χ2n) is 21.1. The zero-order valence-corrected chi connectivity index (χ0v) is 50.8. The first-order valence-electron chi connectivity index (χ1n) is 30.5. The maximum absolute atomic E-state index is 13.5. The fourth-order valence-corrected chi connectivity index (χ4v) is 8.62. The third-order valence-corrected chi connectivity index (χ3v) is 13.6. The lowest BCUT2D eigenvalue weighted by Crippen LogP contribution is -2.47. The van der Waals surface area contributed by atoms with Gasteiger partial charge in [-0.2, -0.15) is 0 Å². The van der Waals surface area contributed by atoms with Crippen molar-refractivity contribution in [2.24, 2.45) is 0 Å². The average molecular weight is 1090 g/mol. The summed E-state index contributed by atoms with van der Waals surface area (Å²) in [6.45, 7) is 6.77. The topological polar surface area (TPSA) is 111 Å². The predicted molar refractivity (Wildman–Crippen MR) is 332 cm³/mol. The number of phosphoric ester groups is 1. The summed E-state index contributed by atoms with van der Waals surface area (Å²) in [5.41, 5.74) is 0. The molecule has 3 atom stereocenters. The number of nitrogens with zero attached hydrogens (tertiary/aromatic N) is 1. The van der Waals surface area contributed by atoms with Crippen LogP contribution in [-0.2, 0) is 27.9 Å². The van der Waals surface area contributed by atoms with Crippen LogP contribution in [0.2, 0.25) is 0 Å². The number of phosphoric acid groups is 1. The van der Waals surface area contributed by atoms with E-state index in [1.165, 1.54) is 70.6 Å². The molecular weight excluding hydrogens is 976 g/mol. The van der Waals surface area contributed by atoms with E-state index in [-0.39, 0.29) is 37.9 Å². The quantitative estimate of drug-likeness (QED) is 0.0205. The largest absolute Gasteiger partial charge is 0.472 e. The highest BCUT2D eigenvalue weighted by Gasteiger charge is 2.30. The van der Waals surface area contributed by atoms with Crippen LogP contribution in [0.25, 0.3) is 0 Å². The van der Waals surface area contributed by atoms with Crippen molar-refractivity contribution >= 4 is 19.7 Å². The lowest BCUT2D eigenvalue weighted by Gasteiger charge is -2.27. The normalized spacial score (nSPS) is 14.6. The van der Waals surface area contributed by atoms with Crippen LogP contribution >= 0.6 is 7.82 Å². The van der Waals surface area contributed by atoms with E-state index in [0.29, 0.717) is 23.9 Å². The Morgan fingerprint density at radius 1 is 0.468 bits per heavy atom. The minimum absolute atomic E-state index is 0.0157. The van der Waals surface area contributed by atoms with Crippen LogP contribution in [0.3, 0.4) is 0 Å². The molecule has 3 unspecified atom stereocenters. The van der Waals surface area contributed by atoms with Crippen LogP contribution in [0.15, 0.2) is 134 Å². The molecule has 0 aliphatic carbocycles. The monoisotopic (exact) mass is 1090 g/mol. The number of rotatable bonds is 53. The number of nitrogens with one attached hydrogen (secondary N) is 1. The minimum Gasteiger partial charge on any atom is -0.456 e. The Morgan fingerprint density at radius 3 is 1.30 bits per heavy atom. The summed E-state index contributed by atoms with van der Waals surface area (Å²) >= 11 is 0. The molecule has 0 radical (unpaired) electrons. The van der Waals surface area contributed by atoms with Crippen molar-refractivity contribution in [2.45, 2.75) is 238 Å². The Bertz CT molecular complexity index is 1780. The molecule has 0 bridgehead atoms. The van der Waals surface area contributed by atoms with Gasteiger partial charge in [-0.3, -0.25) is 18.6 Å². The van der Waals surface area contributed by atoms with Gasteiger partial charge in [-0.15, -0.1) is 0 Å². The molecule has 0 aliphatic heterocycles. The molecule has 10 heteroatoms. The molecule has 0 heterocycles. The SMILES string of the molecule is CC/C=C\C/C=C\C/C=C\C/C=C\C/C=C\C/C=C\CCC(=O)NC(COP(=O)(O)OCC[N+](C)(C)C)C(/C=C/CCCCCCCCCCC)OC(=O)CCCCCCC/C=C\C/C=C\C/C=C\C/C=C\CCCCC. The zero-order chi connectivity index (χ0) is 56.4. The summed E-state index contributed by atoms with van der Waals surface area (Å²) in [6, 6.07) is -0.906. The molecule has 0 aromatic heterocycles. The number of quaternary nitrogens is 1. The molecule has 0 fully saturated rings. The summed E-state index contributed by atoms with van der Waals surface area (Å²) in [5, 5.41) is 2.99. The van der Waals surface area contributed by atoms with Gasteiger partial charge >= 0.3 is 13.8 Å². The van der Waals surface area contributed by atoms with E-state index in [0.717, 1.165) is 109 Å². The third kappa shape index (κ3) is 56.7. The number of hydrogen-bond donors (Lipinski definition) is 2. The van der Waals surface area contributed by atoms with Gasteiger partial charge < -0.3 is 19.4 Å². The molecule has 0 spiro atoms. The Kier molecular flexibility index (Phi) is 52.7. The Balaban J connectivity index is 5.40. The highest BCUT2D eigenvalue weighted by molar-refractivity contribution is 7.47. The number of allylic oxidation sites excluding steroid dienone is 21. The van der Waals surface area contributed by atoms with Crippen molar-refractivity contribution in [1.29, 1.82) is 0 Å². The van der Waals surface area contributed by atoms with Crippen molar-refractivity contribution in [3.05, 3.63) is 134 Å². The molecule has 77 heavy (non-hydrogen) atoms. The molecule has 0 aromatic rings. The van der Waals surface area contributed by atoms with Crippen LogP contribution in [0, 0.1) is 0 Å². The van der Waals surface area contributed by atoms with Crippen molar-refractivity contribution in [3.63, 3.8) is 0 Å². The number of esters is 1. The van der Waals surface area contributed by atoms with Crippen LogP contribution in [0.4, 0.5) is 0 Å². The van der Waals surface area contributed by atoms with E-state index in [2.05, 4.69) is 135 Å². The molecule has 0 aliphatic rings.